The van der Waals surface area contributed by atoms with Crippen molar-refractivity contribution in [3.05, 3.63) is 35.1 Å². The molecule has 110 valence electrons. The lowest BCUT2D eigenvalue weighted by Crippen LogP contribution is -2.32. The second kappa shape index (κ2) is 6.26. The van der Waals surface area contributed by atoms with E-state index in [2.05, 4.69) is 10.2 Å². The van der Waals surface area contributed by atoms with Crippen molar-refractivity contribution in [3.8, 4) is 0 Å². The van der Waals surface area contributed by atoms with Crippen molar-refractivity contribution < 1.29 is 18.0 Å². The summed E-state index contributed by atoms with van der Waals surface area (Å²) in [6.07, 6.45) is 2.96. The normalized spacial score (nSPS) is 19.3. The zero-order chi connectivity index (χ0) is 14.7. The Morgan fingerprint density at radius 1 is 1.35 bits per heavy atom. The smallest absolute Gasteiger partial charge is 0.254 e. The van der Waals surface area contributed by atoms with Gasteiger partial charge in [0, 0.05) is 12.6 Å². The largest absolute Gasteiger partial charge is 0.352 e. The first kappa shape index (κ1) is 14.8. The Kier molecular flexibility index (Phi) is 4.65. The monoisotopic (exact) mass is 286 g/mol. The number of nitrogens with one attached hydrogen (secondary N) is 1. The molecule has 20 heavy (non-hydrogen) atoms. The van der Waals surface area contributed by atoms with Crippen LogP contribution >= 0.6 is 0 Å². The van der Waals surface area contributed by atoms with Gasteiger partial charge in [-0.25, -0.2) is 13.2 Å². The van der Waals surface area contributed by atoms with E-state index in [9.17, 15) is 18.0 Å². The molecular formula is C14H17F3N2O. The van der Waals surface area contributed by atoms with Crippen molar-refractivity contribution in [2.75, 3.05) is 20.1 Å². The van der Waals surface area contributed by atoms with Gasteiger partial charge in [-0.05, 0) is 45.0 Å². The van der Waals surface area contributed by atoms with E-state index in [4.69, 9.17) is 0 Å². The van der Waals surface area contributed by atoms with Crippen LogP contribution in [0, 0.1) is 17.5 Å². The first-order chi connectivity index (χ1) is 9.50. The van der Waals surface area contributed by atoms with Gasteiger partial charge in [0.05, 0.1) is 5.56 Å². The summed E-state index contributed by atoms with van der Waals surface area (Å²) in [5, 5.41) is 2.54. The number of benzene rings is 1. The summed E-state index contributed by atoms with van der Waals surface area (Å²) >= 11 is 0. The van der Waals surface area contributed by atoms with Crippen molar-refractivity contribution in [3.63, 3.8) is 0 Å². The molecule has 0 aliphatic carbocycles. The number of nitrogens with zero attached hydrogens (tertiary/aromatic N) is 1. The molecule has 0 radical (unpaired) electrons. The zero-order valence-electron chi connectivity index (χ0n) is 11.3. The van der Waals surface area contributed by atoms with Crippen LogP contribution in [0.3, 0.4) is 0 Å². The van der Waals surface area contributed by atoms with Gasteiger partial charge in [-0.15, -0.1) is 0 Å². The van der Waals surface area contributed by atoms with Crippen LogP contribution in [-0.4, -0.2) is 37.0 Å². The van der Waals surface area contributed by atoms with Gasteiger partial charge in [0.2, 0.25) is 0 Å². The van der Waals surface area contributed by atoms with Gasteiger partial charge in [-0.3, -0.25) is 4.79 Å². The SMILES string of the molecule is CN1CCCC1CCNC(=O)c1ccc(F)c(F)c1F. The summed E-state index contributed by atoms with van der Waals surface area (Å²) < 4.78 is 39.2. The van der Waals surface area contributed by atoms with Crippen LogP contribution < -0.4 is 5.32 Å². The third kappa shape index (κ3) is 3.12. The molecule has 1 saturated heterocycles. The molecule has 1 aliphatic heterocycles. The molecule has 0 saturated carbocycles. The number of halogens is 3. The average Bonchev–Trinajstić information content (AvgIpc) is 2.82. The highest BCUT2D eigenvalue weighted by atomic mass is 19.2. The number of carbonyl (C=O) groups is 1. The van der Waals surface area contributed by atoms with Crippen molar-refractivity contribution in [1.29, 1.82) is 0 Å². The fourth-order valence-corrected chi connectivity index (χ4v) is 2.49. The van der Waals surface area contributed by atoms with E-state index in [1.807, 2.05) is 7.05 Å². The lowest BCUT2D eigenvalue weighted by molar-refractivity contribution is 0.0945. The van der Waals surface area contributed by atoms with Crippen LogP contribution in [-0.2, 0) is 0 Å². The number of amides is 1. The molecule has 1 heterocycles. The number of likely N-dealkylation sites (tertiary alicyclic amines) is 1. The quantitative estimate of drug-likeness (QED) is 0.862. The number of hydrogen-bond donors (Lipinski definition) is 1. The molecule has 1 amide bonds. The maximum atomic E-state index is 13.4. The van der Waals surface area contributed by atoms with Crippen molar-refractivity contribution in [2.24, 2.45) is 0 Å². The fourth-order valence-electron chi connectivity index (χ4n) is 2.49. The molecule has 1 aromatic carbocycles. The van der Waals surface area contributed by atoms with Crippen LogP contribution in [0.5, 0.6) is 0 Å². The highest BCUT2D eigenvalue weighted by Gasteiger charge is 2.22. The van der Waals surface area contributed by atoms with Crippen LogP contribution in [0.2, 0.25) is 0 Å². The van der Waals surface area contributed by atoms with Gasteiger partial charge in [0.25, 0.3) is 5.91 Å². The molecule has 3 nitrogen and oxygen atoms in total. The Hall–Kier alpha value is -1.56. The van der Waals surface area contributed by atoms with Gasteiger partial charge in [-0.2, -0.15) is 0 Å². The molecule has 1 aromatic rings. The molecule has 1 N–H and O–H groups in total. The molecule has 1 aliphatic rings. The van der Waals surface area contributed by atoms with Gasteiger partial charge in [0.1, 0.15) is 0 Å². The predicted molar refractivity (Wildman–Crippen MR) is 68.9 cm³/mol. The van der Waals surface area contributed by atoms with Crippen LogP contribution in [0.4, 0.5) is 13.2 Å². The number of hydrogen-bond acceptors (Lipinski definition) is 2. The van der Waals surface area contributed by atoms with Gasteiger partial charge < -0.3 is 10.2 Å². The second-order valence-corrected chi connectivity index (χ2v) is 5.04. The Bertz CT molecular complexity index is 507. The van der Waals surface area contributed by atoms with E-state index < -0.39 is 28.9 Å². The van der Waals surface area contributed by atoms with E-state index in [1.165, 1.54) is 0 Å². The lowest BCUT2D eigenvalue weighted by atomic mass is 10.1. The van der Waals surface area contributed by atoms with Crippen molar-refractivity contribution >= 4 is 5.91 Å². The summed E-state index contributed by atoms with van der Waals surface area (Å²) in [4.78, 5) is 13.9. The maximum Gasteiger partial charge on any atom is 0.254 e. The minimum absolute atomic E-state index is 0.381. The van der Waals surface area contributed by atoms with E-state index in [1.54, 1.807) is 0 Å². The summed E-state index contributed by atoms with van der Waals surface area (Å²) in [5.41, 5.74) is -0.469. The number of carbonyl (C=O) groups excluding carboxylic acids is 1. The molecule has 1 fully saturated rings. The van der Waals surface area contributed by atoms with Crippen LogP contribution in [0.25, 0.3) is 0 Å². The predicted octanol–water partition coefficient (Wildman–Crippen LogP) is 2.32. The van der Waals surface area contributed by atoms with Crippen LogP contribution in [0.15, 0.2) is 12.1 Å². The second-order valence-electron chi connectivity index (χ2n) is 5.04. The number of rotatable bonds is 4. The topological polar surface area (TPSA) is 32.3 Å². The lowest BCUT2D eigenvalue weighted by Gasteiger charge is -2.19. The van der Waals surface area contributed by atoms with Gasteiger partial charge in [-0.1, -0.05) is 0 Å². The minimum atomic E-state index is -1.62. The minimum Gasteiger partial charge on any atom is -0.352 e. The van der Waals surface area contributed by atoms with Crippen molar-refractivity contribution in [2.45, 2.75) is 25.3 Å². The molecule has 6 heteroatoms. The van der Waals surface area contributed by atoms with Gasteiger partial charge in [0.15, 0.2) is 17.5 Å². The first-order valence-corrected chi connectivity index (χ1v) is 6.62. The Balaban J connectivity index is 1.90. The van der Waals surface area contributed by atoms with E-state index in [0.717, 1.165) is 37.9 Å². The fraction of sp³-hybridized carbons (Fsp3) is 0.500. The summed E-state index contributed by atoms with van der Waals surface area (Å²) in [7, 11) is 2.02. The van der Waals surface area contributed by atoms with E-state index >= 15 is 0 Å². The van der Waals surface area contributed by atoms with Crippen LogP contribution in [0.1, 0.15) is 29.6 Å². The molecule has 0 spiro atoms. The maximum absolute atomic E-state index is 13.4. The molecule has 2 rings (SSSR count). The summed E-state index contributed by atoms with van der Waals surface area (Å²) in [6, 6.07) is 2.10. The molecule has 0 aromatic heterocycles. The third-order valence-corrected chi connectivity index (χ3v) is 3.71. The third-order valence-electron chi connectivity index (χ3n) is 3.71. The molecule has 1 atom stereocenters. The average molecular weight is 286 g/mol. The molecule has 0 bridgehead atoms. The highest BCUT2D eigenvalue weighted by molar-refractivity contribution is 5.94. The standard InChI is InChI=1S/C14H17F3N2O/c1-19-8-2-3-9(19)6-7-18-14(20)10-4-5-11(15)13(17)12(10)16/h4-5,9H,2-3,6-8H2,1H3,(H,18,20). The Morgan fingerprint density at radius 2 is 2.10 bits per heavy atom. The summed E-state index contributed by atoms with van der Waals surface area (Å²) in [6.45, 7) is 1.42. The molecular weight excluding hydrogens is 269 g/mol. The highest BCUT2D eigenvalue weighted by Crippen LogP contribution is 2.18. The van der Waals surface area contributed by atoms with E-state index in [0.29, 0.717) is 12.6 Å². The zero-order valence-corrected chi connectivity index (χ0v) is 11.3. The Morgan fingerprint density at radius 3 is 2.75 bits per heavy atom. The van der Waals surface area contributed by atoms with E-state index in [-0.39, 0.29) is 0 Å². The first-order valence-electron chi connectivity index (χ1n) is 6.62. The van der Waals surface area contributed by atoms with Gasteiger partial charge >= 0.3 is 0 Å². The Labute approximate surface area is 115 Å². The summed E-state index contributed by atoms with van der Waals surface area (Å²) in [5.74, 6) is -5.08. The molecule has 1 unspecified atom stereocenters. The van der Waals surface area contributed by atoms with Crippen molar-refractivity contribution in [1.82, 2.24) is 10.2 Å².